The molecule has 7 nitrogen and oxygen atoms in total. The lowest BCUT2D eigenvalue weighted by molar-refractivity contribution is -0.125. The van der Waals surface area contributed by atoms with Gasteiger partial charge in [-0.05, 0) is 36.1 Å². The van der Waals surface area contributed by atoms with E-state index in [0.717, 1.165) is 16.5 Å². The van der Waals surface area contributed by atoms with E-state index in [0.29, 0.717) is 12.8 Å². The van der Waals surface area contributed by atoms with Crippen LogP contribution in [0.25, 0.3) is 10.9 Å². The topological polar surface area (TPSA) is 107 Å². The van der Waals surface area contributed by atoms with Crippen molar-refractivity contribution in [2.45, 2.75) is 38.8 Å². The first-order valence-electron chi connectivity index (χ1n) is 10.2. The Balaban J connectivity index is 1.70. The molecule has 0 spiro atoms. The predicted octanol–water partition coefficient (Wildman–Crippen LogP) is 2.43. The number of amides is 2. The number of fused-ring (bicyclic) bond motifs is 1. The van der Waals surface area contributed by atoms with Gasteiger partial charge in [-0.3, -0.25) is 14.6 Å². The minimum absolute atomic E-state index is 0.0786. The zero-order valence-corrected chi connectivity index (χ0v) is 17.3. The summed E-state index contributed by atoms with van der Waals surface area (Å²) < 4.78 is 0. The Bertz CT molecular complexity index is 986. The molecule has 0 aliphatic heterocycles. The van der Waals surface area contributed by atoms with E-state index in [9.17, 15) is 14.7 Å². The van der Waals surface area contributed by atoms with Crippen molar-refractivity contribution in [2.75, 3.05) is 6.61 Å². The summed E-state index contributed by atoms with van der Waals surface area (Å²) in [5.74, 6) is -0.786. The van der Waals surface area contributed by atoms with Crippen LogP contribution in [0.3, 0.4) is 0 Å². The van der Waals surface area contributed by atoms with E-state index in [1.54, 1.807) is 18.2 Å². The average molecular weight is 409 g/mol. The Morgan fingerprint density at radius 3 is 2.60 bits per heavy atom. The maximum absolute atomic E-state index is 13.0. The van der Waals surface area contributed by atoms with Gasteiger partial charge in [0.2, 0.25) is 5.91 Å². The largest absolute Gasteiger partial charge is 0.394 e. The van der Waals surface area contributed by atoms with Crippen molar-refractivity contribution in [3.8, 4) is 0 Å². The third kappa shape index (κ3) is 5.04. The smallest absolute Gasteiger partial charge is 0.270 e. The number of para-hydroxylation sites is 1. The molecule has 0 fully saturated rings. The number of carbonyl (C=O) groups is 2. The monoisotopic (exact) mass is 408 g/mol. The van der Waals surface area contributed by atoms with Crippen molar-refractivity contribution in [3.63, 3.8) is 0 Å². The molecule has 3 aromatic rings. The molecule has 0 aliphatic rings. The van der Waals surface area contributed by atoms with E-state index >= 15 is 0 Å². The minimum Gasteiger partial charge on any atom is -0.394 e. The first-order chi connectivity index (χ1) is 14.5. The van der Waals surface area contributed by atoms with Gasteiger partial charge in [-0.25, -0.2) is 0 Å². The Hall–Kier alpha value is -3.19. The quantitative estimate of drug-likeness (QED) is 0.436. The highest BCUT2D eigenvalue weighted by molar-refractivity contribution is 5.96. The summed E-state index contributed by atoms with van der Waals surface area (Å²) in [6.45, 7) is 3.68. The Morgan fingerprint density at radius 2 is 1.90 bits per heavy atom. The van der Waals surface area contributed by atoms with E-state index in [1.165, 1.54) is 6.20 Å². The number of H-pyrrole nitrogens is 1. The molecular weight excluding hydrogens is 380 g/mol. The Kier molecular flexibility index (Phi) is 7.19. The molecule has 3 atom stereocenters. The first-order valence-corrected chi connectivity index (χ1v) is 10.2. The molecule has 158 valence electrons. The standard InChI is InChI=1S/C23H28N4O3/c1-3-15(2)21(27-22(29)20-10-6-7-11-24-20)23(30)26-17(14-28)12-16-13-25-19-9-5-4-8-18(16)19/h4-11,13,15,17,21,25,28H,3,12,14H2,1-2H3,(H,26,30)(H,27,29)/t15?,17-,21-/m0/s1. The highest BCUT2D eigenvalue weighted by atomic mass is 16.3. The van der Waals surface area contributed by atoms with Gasteiger partial charge >= 0.3 is 0 Å². The van der Waals surface area contributed by atoms with Crippen molar-refractivity contribution in [2.24, 2.45) is 5.92 Å². The molecule has 4 N–H and O–H groups in total. The number of benzene rings is 1. The molecule has 2 aromatic heterocycles. The summed E-state index contributed by atoms with van der Waals surface area (Å²) in [4.78, 5) is 32.8. The first kappa shape index (κ1) is 21.5. The van der Waals surface area contributed by atoms with E-state index in [-0.39, 0.29) is 24.1 Å². The summed E-state index contributed by atoms with van der Waals surface area (Å²) in [5, 5.41) is 16.6. The number of carbonyl (C=O) groups excluding carboxylic acids is 2. The van der Waals surface area contributed by atoms with Crippen molar-refractivity contribution in [1.29, 1.82) is 0 Å². The van der Waals surface area contributed by atoms with Crippen LogP contribution >= 0.6 is 0 Å². The number of hydrogen-bond acceptors (Lipinski definition) is 4. The number of pyridine rings is 1. The van der Waals surface area contributed by atoms with E-state index in [4.69, 9.17) is 0 Å². The summed E-state index contributed by atoms with van der Waals surface area (Å²) >= 11 is 0. The van der Waals surface area contributed by atoms with Crippen LogP contribution in [0.4, 0.5) is 0 Å². The number of aromatic nitrogens is 2. The van der Waals surface area contributed by atoms with Gasteiger partial charge in [-0.15, -0.1) is 0 Å². The minimum atomic E-state index is -0.721. The van der Waals surface area contributed by atoms with Crippen LogP contribution < -0.4 is 10.6 Å². The maximum atomic E-state index is 13.0. The third-order valence-electron chi connectivity index (χ3n) is 5.39. The van der Waals surface area contributed by atoms with Crippen molar-refractivity contribution in [1.82, 2.24) is 20.6 Å². The van der Waals surface area contributed by atoms with Crippen LogP contribution in [0.15, 0.2) is 54.9 Å². The van der Waals surface area contributed by atoms with Crippen LogP contribution in [0.1, 0.15) is 36.3 Å². The number of nitrogens with zero attached hydrogens (tertiary/aromatic N) is 1. The molecule has 0 bridgehead atoms. The van der Waals surface area contributed by atoms with E-state index in [2.05, 4.69) is 20.6 Å². The van der Waals surface area contributed by atoms with Crippen molar-refractivity contribution in [3.05, 3.63) is 66.1 Å². The molecular formula is C23H28N4O3. The normalized spacial score (nSPS) is 14.1. The summed E-state index contributed by atoms with van der Waals surface area (Å²) in [6.07, 6.45) is 4.63. The Labute approximate surface area is 175 Å². The lowest BCUT2D eigenvalue weighted by atomic mass is 9.97. The number of aromatic amines is 1. The number of rotatable bonds is 9. The van der Waals surface area contributed by atoms with Crippen LogP contribution in [0.2, 0.25) is 0 Å². The molecule has 7 heteroatoms. The lowest BCUT2D eigenvalue weighted by Gasteiger charge is -2.26. The van der Waals surface area contributed by atoms with Crippen LogP contribution in [-0.4, -0.2) is 45.6 Å². The molecule has 1 aromatic carbocycles. The van der Waals surface area contributed by atoms with Gasteiger partial charge in [0.1, 0.15) is 11.7 Å². The molecule has 2 heterocycles. The molecule has 3 rings (SSSR count). The van der Waals surface area contributed by atoms with E-state index in [1.807, 2.05) is 44.3 Å². The maximum Gasteiger partial charge on any atom is 0.270 e. The fourth-order valence-corrected chi connectivity index (χ4v) is 3.43. The second kappa shape index (κ2) is 10.0. The van der Waals surface area contributed by atoms with E-state index < -0.39 is 18.0 Å². The fraction of sp³-hybridized carbons (Fsp3) is 0.348. The van der Waals surface area contributed by atoms with Gasteiger partial charge in [-0.2, -0.15) is 0 Å². The van der Waals surface area contributed by atoms with Crippen LogP contribution in [0, 0.1) is 5.92 Å². The van der Waals surface area contributed by atoms with Crippen LogP contribution in [0.5, 0.6) is 0 Å². The summed E-state index contributed by atoms with van der Waals surface area (Å²) in [6, 6.07) is 11.8. The zero-order chi connectivity index (χ0) is 21.5. The molecule has 0 radical (unpaired) electrons. The molecule has 0 aliphatic carbocycles. The SMILES string of the molecule is CCC(C)[C@H](NC(=O)c1ccccn1)C(=O)N[C@H](CO)Cc1c[nH]c2ccccc12. The third-order valence-corrected chi connectivity index (χ3v) is 5.39. The van der Waals surface area contributed by atoms with Gasteiger partial charge in [0.25, 0.3) is 5.91 Å². The zero-order valence-electron chi connectivity index (χ0n) is 17.3. The predicted molar refractivity (Wildman–Crippen MR) is 116 cm³/mol. The van der Waals surface area contributed by atoms with Gasteiger partial charge in [-0.1, -0.05) is 44.5 Å². The van der Waals surface area contributed by atoms with Crippen molar-refractivity contribution >= 4 is 22.7 Å². The van der Waals surface area contributed by atoms with Gasteiger partial charge in [0.05, 0.1) is 12.6 Å². The molecule has 30 heavy (non-hydrogen) atoms. The second-order valence-corrected chi connectivity index (χ2v) is 7.50. The molecule has 1 unspecified atom stereocenters. The number of nitrogens with one attached hydrogen (secondary N) is 3. The van der Waals surface area contributed by atoms with Gasteiger partial charge < -0.3 is 20.7 Å². The Morgan fingerprint density at radius 1 is 1.13 bits per heavy atom. The number of hydrogen-bond donors (Lipinski definition) is 4. The fourth-order valence-electron chi connectivity index (χ4n) is 3.43. The van der Waals surface area contributed by atoms with Crippen molar-refractivity contribution < 1.29 is 14.7 Å². The highest BCUT2D eigenvalue weighted by Crippen LogP contribution is 2.19. The molecule has 0 saturated carbocycles. The average Bonchev–Trinajstić information content (AvgIpc) is 3.19. The molecule has 2 amide bonds. The highest BCUT2D eigenvalue weighted by Gasteiger charge is 2.28. The number of aliphatic hydroxyl groups excluding tert-OH is 1. The summed E-state index contributed by atoms with van der Waals surface area (Å²) in [7, 11) is 0. The molecule has 0 saturated heterocycles. The van der Waals surface area contributed by atoms with Gasteiger partial charge in [0.15, 0.2) is 0 Å². The van der Waals surface area contributed by atoms with Crippen LogP contribution in [-0.2, 0) is 11.2 Å². The van der Waals surface area contributed by atoms with Gasteiger partial charge in [0, 0.05) is 23.3 Å². The number of aliphatic hydroxyl groups is 1. The second-order valence-electron chi connectivity index (χ2n) is 7.50. The summed E-state index contributed by atoms with van der Waals surface area (Å²) in [5.41, 5.74) is 2.29. The lowest BCUT2D eigenvalue weighted by Crippen LogP contribution is -2.53.